The van der Waals surface area contributed by atoms with E-state index in [0.717, 1.165) is 42.9 Å². The molecule has 0 saturated carbocycles. The van der Waals surface area contributed by atoms with Crippen molar-refractivity contribution in [2.24, 2.45) is 7.05 Å². The lowest BCUT2D eigenvalue weighted by Gasteiger charge is -2.23. The molecule has 0 aromatic carbocycles. The largest absolute Gasteiger partial charge is 0.381 e. The zero-order valence-electron chi connectivity index (χ0n) is 9.76. The summed E-state index contributed by atoms with van der Waals surface area (Å²) in [6.45, 7) is 1.64. The quantitative estimate of drug-likeness (QED) is 0.836. The summed E-state index contributed by atoms with van der Waals surface area (Å²) in [5, 5.41) is 8.63. The van der Waals surface area contributed by atoms with E-state index in [4.69, 9.17) is 4.74 Å². The monoisotopic (exact) mass is 233 g/mol. The van der Waals surface area contributed by atoms with E-state index < -0.39 is 0 Å². The first kappa shape index (κ1) is 10.5. The van der Waals surface area contributed by atoms with Crippen LogP contribution in [0.5, 0.6) is 0 Å². The summed E-state index contributed by atoms with van der Waals surface area (Å²) in [6, 6.07) is 0.432. The molecule has 6 nitrogen and oxygen atoms in total. The van der Waals surface area contributed by atoms with Crippen molar-refractivity contribution in [2.45, 2.75) is 18.9 Å². The molecule has 1 aliphatic rings. The third-order valence-corrected chi connectivity index (χ3v) is 3.09. The highest BCUT2D eigenvalue weighted by Gasteiger charge is 2.16. The van der Waals surface area contributed by atoms with Crippen LogP contribution >= 0.6 is 0 Å². The van der Waals surface area contributed by atoms with Crippen LogP contribution in [0.15, 0.2) is 12.5 Å². The van der Waals surface area contributed by atoms with Crippen molar-refractivity contribution in [2.75, 3.05) is 18.5 Å². The predicted octanol–water partition coefficient (Wildman–Crippen LogP) is 0.954. The van der Waals surface area contributed by atoms with Gasteiger partial charge in [0.2, 0.25) is 0 Å². The lowest BCUT2D eigenvalue weighted by atomic mass is 10.1. The molecule has 17 heavy (non-hydrogen) atoms. The molecule has 0 atom stereocenters. The molecule has 2 aromatic rings. The topological polar surface area (TPSA) is 64.9 Å². The van der Waals surface area contributed by atoms with E-state index in [-0.39, 0.29) is 0 Å². The van der Waals surface area contributed by atoms with Crippen molar-refractivity contribution in [1.29, 1.82) is 0 Å². The first-order chi connectivity index (χ1) is 8.34. The van der Waals surface area contributed by atoms with Crippen LogP contribution < -0.4 is 5.32 Å². The Balaban J connectivity index is 1.89. The molecule has 0 spiro atoms. The second-order valence-corrected chi connectivity index (χ2v) is 4.26. The van der Waals surface area contributed by atoms with Gasteiger partial charge < -0.3 is 10.1 Å². The third kappa shape index (κ3) is 1.95. The molecule has 0 unspecified atom stereocenters. The van der Waals surface area contributed by atoms with E-state index in [1.807, 2.05) is 7.05 Å². The van der Waals surface area contributed by atoms with E-state index >= 15 is 0 Å². The van der Waals surface area contributed by atoms with Gasteiger partial charge in [0.05, 0.1) is 11.6 Å². The van der Waals surface area contributed by atoms with Gasteiger partial charge in [0.1, 0.15) is 12.1 Å². The predicted molar refractivity (Wildman–Crippen MR) is 63.8 cm³/mol. The first-order valence-electron chi connectivity index (χ1n) is 5.81. The average molecular weight is 233 g/mol. The smallest absolute Gasteiger partial charge is 0.163 e. The number of aryl methyl sites for hydroxylation is 1. The van der Waals surface area contributed by atoms with Gasteiger partial charge in [0.15, 0.2) is 5.65 Å². The maximum absolute atomic E-state index is 5.34. The molecule has 0 amide bonds. The van der Waals surface area contributed by atoms with E-state index in [9.17, 15) is 0 Å². The van der Waals surface area contributed by atoms with E-state index in [2.05, 4.69) is 20.4 Å². The number of anilines is 1. The highest BCUT2D eigenvalue weighted by Crippen LogP contribution is 2.20. The molecular formula is C11H15N5O. The Morgan fingerprint density at radius 1 is 1.35 bits per heavy atom. The van der Waals surface area contributed by atoms with Crippen LogP contribution in [0.25, 0.3) is 11.0 Å². The van der Waals surface area contributed by atoms with Gasteiger partial charge >= 0.3 is 0 Å². The third-order valence-electron chi connectivity index (χ3n) is 3.09. The number of hydrogen-bond acceptors (Lipinski definition) is 5. The number of fused-ring (bicyclic) bond motifs is 1. The fourth-order valence-corrected chi connectivity index (χ4v) is 2.11. The second-order valence-electron chi connectivity index (χ2n) is 4.26. The van der Waals surface area contributed by atoms with Gasteiger partial charge in [-0.2, -0.15) is 5.10 Å². The number of hydrogen-bond donors (Lipinski definition) is 1. The molecule has 0 aliphatic carbocycles. The zero-order chi connectivity index (χ0) is 11.7. The van der Waals surface area contributed by atoms with Crippen LogP contribution in [0.4, 0.5) is 5.82 Å². The van der Waals surface area contributed by atoms with Crippen LogP contribution in [0, 0.1) is 0 Å². The van der Waals surface area contributed by atoms with Crippen LogP contribution in [-0.4, -0.2) is 39.0 Å². The van der Waals surface area contributed by atoms with Crippen LogP contribution in [-0.2, 0) is 11.8 Å². The Morgan fingerprint density at radius 2 is 2.18 bits per heavy atom. The molecule has 1 fully saturated rings. The lowest BCUT2D eigenvalue weighted by Crippen LogP contribution is -2.28. The number of nitrogens with zero attached hydrogens (tertiary/aromatic N) is 4. The number of nitrogens with one attached hydrogen (secondary N) is 1. The molecule has 0 radical (unpaired) electrons. The molecule has 1 aliphatic heterocycles. The first-order valence-corrected chi connectivity index (χ1v) is 5.81. The SMILES string of the molecule is Cn1ncc2c(NC3CCOCC3)ncnc21. The van der Waals surface area contributed by atoms with Crippen LogP contribution in [0.2, 0.25) is 0 Å². The molecule has 0 bridgehead atoms. The molecule has 3 heterocycles. The van der Waals surface area contributed by atoms with Crippen molar-refractivity contribution >= 4 is 16.9 Å². The molecule has 90 valence electrons. The Bertz CT molecular complexity index is 518. The molecule has 6 heteroatoms. The average Bonchev–Trinajstić information content (AvgIpc) is 2.74. The summed E-state index contributed by atoms with van der Waals surface area (Å²) < 4.78 is 7.10. The van der Waals surface area contributed by atoms with Crippen LogP contribution in [0.1, 0.15) is 12.8 Å². The number of rotatable bonds is 2. The van der Waals surface area contributed by atoms with Crippen molar-refractivity contribution in [3.63, 3.8) is 0 Å². The zero-order valence-corrected chi connectivity index (χ0v) is 9.76. The summed E-state index contributed by atoms with van der Waals surface area (Å²) in [4.78, 5) is 8.52. The van der Waals surface area contributed by atoms with E-state index in [0.29, 0.717) is 6.04 Å². The van der Waals surface area contributed by atoms with E-state index in [1.54, 1.807) is 17.2 Å². The lowest BCUT2D eigenvalue weighted by molar-refractivity contribution is 0.0904. The maximum Gasteiger partial charge on any atom is 0.163 e. The number of aromatic nitrogens is 4. The van der Waals surface area contributed by atoms with Gasteiger partial charge in [0.25, 0.3) is 0 Å². The highest BCUT2D eigenvalue weighted by molar-refractivity contribution is 5.86. The minimum atomic E-state index is 0.432. The summed E-state index contributed by atoms with van der Waals surface area (Å²) in [7, 11) is 1.88. The minimum absolute atomic E-state index is 0.432. The summed E-state index contributed by atoms with van der Waals surface area (Å²) >= 11 is 0. The molecular weight excluding hydrogens is 218 g/mol. The Labute approximate surface area is 99.0 Å². The maximum atomic E-state index is 5.34. The van der Waals surface area contributed by atoms with Crippen molar-refractivity contribution in [1.82, 2.24) is 19.7 Å². The summed E-state index contributed by atoms with van der Waals surface area (Å²) in [6.07, 6.45) is 5.42. The van der Waals surface area contributed by atoms with Crippen molar-refractivity contribution in [3.05, 3.63) is 12.5 Å². The van der Waals surface area contributed by atoms with Gasteiger partial charge in [-0.05, 0) is 12.8 Å². The highest BCUT2D eigenvalue weighted by atomic mass is 16.5. The molecule has 2 aromatic heterocycles. The molecule has 3 rings (SSSR count). The van der Waals surface area contributed by atoms with Crippen LogP contribution in [0.3, 0.4) is 0 Å². The van der Waals surface area contributed by atoms with Gasteiger partial charge in [-0.3, -0.25) is 4.68 Å². The standard InChI is InChI=1S/C11H15N5O/c1-16-11-9(6-14-16)10(12-7-13-11)15-8-2-4-17-5-3-8/h6-8H,2-5H2,1H3,(H,12,13,15). The molecule has 1 saturated heterocycles. The Hall–Kier alpha value is -1.69. The van der Waals surface area contributed by atoms with Gasteiger partial charge in [0, 0.05) is 26.3 Å². The fraction of sp³-hybridized carbons (Fsp3) is 0.545. The fourth-order valence-electron chi connectivity index (χ4n) is 2.11. The van der Waals surface area contributed by atoms with E-state index in [1.165, 1.54) is 0 Å². The van der Waals surface area contributed by atoms with Gasteiger partial charge in [-0.15, -0.1) is 0 Å². The Morgan fingerprint density at radius 3 is 3.00 bits per heavy atom. The van der Waals surface area contributed by atoms with Crippen molar-refractivity contribution in [3.8, 4) is 0 Å². The van der Waals surface area contributed by atoms with Gasteiger partial charge in [-0.1, -0.05) is 0 Å². The minimum Gasteiger partial charge on any atom is -0.381 e. The summed E-state index contributed by atoms with van der Waals surface area (Å²) in [5.41, 5.74) is 0.856. The molecule has 1 N–H and O–H groups in total. The number of ether oxygens (including phenoxy) is 1. The normalized spacial score (nSPS) is 17.5. The van der Waals surface area contributed by atoms with Gasteiger partial charge in [-0.25, -0.2) is 9.97 Å². The van der Waals surface area contributed by atoms with Crippen molar-refractivity contribution < 1.29 is 4.74 Å². The second kappa shape index (κ2) is 4.29. The Kier molecular flexibility index (Phi) is 2.64. The summed E-state index contributed by atoms with van der Waals surface area (Å²) in [5.74, 6) is 0.870.